The van der Waals surface area contributed by atoms with Crippen molar-refractivity contribution in [3.63, 3.8) is 0 Å². The standard InChI is InChI=1S/C10H6BrF2NO2/c1-5(15)6-2-3-8(11)9(7(6)4-14)16-10(12)13/h2-3,10H,1H3. The molecule has 0 spiro atoms. The third kappa shape index (κ3) is 2.55. The number of nitrogens with zero attached hydrogens (tertiary/aromatic N) is 1. The van der Waals surface area contributed by atoms with Gasteiger partial charge < -0.3 is 4.74 Å². The fourth-order valence-electron chi connectivity index (χ4n) is 1.17. The van der Waals surface area contributed by atoms with Gasteiger partial charge in [0.15, 0.2) is 11.5 Å². The summed E-state index contributed by atoms with van der Waals surface area (Å²) in [4.78, 5) is 11.2. The zero-order valence-electron chi connectivity index (χ0n) is 8.13. The summed E-state index contributed by atoms with van der Waals surface area (Å²) < 4.78 is 28.6. The van der Waals surface area contributed by atoms with Gasteiger partial charge in [0.05, 0.1) is 4.47 Å². The van der Waals surface area contributed by atoms with Crippen LogP contribution in [-0.2, 0) is 0 Å². The third-order valence-corrected chi connectivity index (χ3v) is 2.43. The van der Waals surface area contributed by atoms with E-state index in [1.54, 1.807) is 6.07 Å². The van der Waals surface area contributed by atoms with Crippen molar-refractivity contribution in [2.75, 3.05) is 0 Å². The van der Waals surface area contributed by atoms with Gasteiger partial charge in [-0.2, -0.15) is 14.0 Å². The summed E-state index contributed by atoms with van der Waals surface area (Å²) in [6.07, 6.45) is 0. The first-order chi connectivity index (χ1) is 7.47. The molecule has 0 aliphatic carbocycles. The lowest BCUT2D eigenvalue weighted by atomic mass is 10.0. The molecule has 0 atom stereocenters. The normalized spacial score (nSPS) is 10.0. The second kappa shape index (κ2) is 5.03. The molecule has 0 N–H and O–H groups in total. The van der Waals surface area contributed by atoms with E-state index < -0.39 is 6.61 Å². The summed E-state index contributed by atoms with van der Waals surface area (Å²) in [5.41, 5.74) is -0.136. The molecule has 0 aliphatic heterocycles. The maximum absolute atomic E-state index is 12.1. The van der Waals surface area contributed by atoms with Gasteiger partial charge in [-0.3, -0.25) is 4.79 Å². The topological polar surface area (TPSA) is 50.1 Å². The van der Waals surface area contributed by atoms with Gasteiger partial charge in [0.2, 0.25) is 0 Å². The van der Waals surface area contributed by atoms with Gasteiger partial charge in [-0.05, 0) is 35.0 Å². The smallest absolute Gasteiger partial charge is 0.387 e. The fraction of sp³-hybridized carbons (Fsp3) is 0.200. The second-order valence-electron chi connectivity index (χ2n) is 2.85. The van der Waals surface area contributed by atoms with Crippen molar-refractivity contribution in [2.24, 2.45) is 0 Å². The van der Waals surface area contributed by atoms with Crippen molar-refractivity contribution in [3.8, 4) is 11.8 Å². The lowest BCUT2D eigenvalue weighted by molar-refractivity contribution is -0.0505. The van der Waals surface area contributed by atoms with Crippen LogP contribution in [0.3, 0.4) is 0 Å². The zero-order chi connectivity index (χ0) is 12.3. The summed E-state index contributed by atoms with van der Waals surface area (Å²) in [5.74, 6) is -0.701. The Kier molecular flexibility index (Phi) is 3.96. The number of halogens is 3. The summed E-state index contributed by atoms with van der Waals surface area (Å²) in [7, 11) is 0. The van der Waals surface area contributed by atoms with Gasteiger partial charge in [-0.1, -0.05) is 0 Å². The Morgan fingerprint density at radius 3 is 2.62 bits per heavy atom. The predicted octanol–water partition coefficient (Wildman–Crippen LogP) is 3.12. The molecule has 1 rings (SSSR count). The zero-order valence-corrected chi connectivity index (χ0v) is 9.72. The van der Waals surface area contributed by atoms with Crippen molar-refractivity contribution in [3.05, 3.63) is 27.7 Å². The third-order valence-electron chi connectivity index (χ3n) is 1.81. The van der Waals surface area contributed by atoms with Crippen LogP contribution >= 0.6 is 15.9 Å². The predicted molar refractivity (Wildman–Crippen MR) is 55.5 cm³/mol. The van der Waals surface area contributed by atoms with Crippen LogP contribution in [0.2, 0.25) is 0 Å². The summed E-state index contributed by atoms with van der Waals surface area (Å²) in [5, 5.41) is 8.84. The number of benzene rings is 1. The number of hydrogen-bond donors (Lipinski definition) is 0. The van der Waals surface area contributed by atoms with Gasteiger partial charge in [0.25, 0.3) is 0 Å². The number of hydrogen-bond acceptors (Lipinski definition) is 3. The molecule has 1 aromatic carbocycles. The van der Waals surface area contributed by atoms with Gasteiger partial charge >= 0.3 is 6.61 Å². The van der Waals surface area contributed by atoms with Crippen molar-refractivity contribution >= 4 is 21.7 Å². The number of ketones is 1. The number of nitriles is 1. The van der Waals surface area contributed by atoms with Gasteiger partial charge in [0, 0.05) is 5.56 Å². The molecule has 0 bridgehead atoms. The SMILES string of the molecule is CC(=O)c1ccc(Br)c(OC(F)F)c1C#N. The first-order valence-corrected chi connectivity index (χ1v) is 4.95. The molecule has 16 heavy (non-hydrogen) atoms. The molecule has 1 aromatic rings. The molecule has 0 fully saturated rings. The van der Waals surface area contributed by atoms with Gasteiger partial charge in [-0.25, -0.2) is 0 Å². The van der Waals surface area contributed by atoms with Crippen molar-refractivity contribution in [1.29, 1.82) is 5.26 Å². The van der Waals surface area contributed by atoms with Gasteiger partial charge in [-0.15, -0.1) is 0 Å². The van der Waals surface area contributed by atoms with E-state index in [1.807, 2.05) is 0 Å². The van der Waals surface area contributed by atoms with Crippen LogP contribution in [0.4, 0.5) is 8.78 Å². The molecule has 6 heteroatoms. The fourth-order valence-corrected chi connectivity index (χ4v) is 1.59. The van der Waals surface area contributed by atoms with Crippen molar-refractivity contribution in [2.45, 2.75) is 13.5 Å². The van der Waals surface area contributed by atoms with Crippen LogP contribution in [0.1, 0.15) is 22.8 Å². The lowest BCUT2D eigenvalue weighted by Gasteiger charge is -2.10. The molecule has 0 unspecified atom stereocenters. The van der Waals surface area contributed by atoms with E-state index in [1.165, 1.54) is 19.1 Å². The highest BCUT2D eigenvalue weighted by Crippen LogP contribution is 2.32. The highest BCUT2D eigenvalue weighted by Gasteiger charge is 2.18. The number of ether oxygens (including phenoxy) is 1. The quantitative estimate of drug-likeness (QED) is 0.804. The van der Waals surface area contributed by atoms with E-state index in [9.17, 15) is 13.6 Å². The maximum atomic E-state index is 12.1. The molecule has 0 amide bonds. The lowest BCUT2D eigenvalue weighted by Crippen LogP contribution is -2.07. The number of alkyl halides is 2. The van der Waals surface area contributed by atoms with Crippen LogP contribution in [0.25, 0.3) is 0 Å². The van der Waals surface area contributed by atoms with E-state index in [2.05, 4.69) is 20.7 Å². The Morgan fingerprint density at radius 2 is 2.19 bits per heavy atom. The Labute approximate surface area is 98.8 Å². The number of rotatable bonds is 3. The first-order valence-electron chi connectivity index (χ1n) is 4.15. The molecule has 0 aromatic heterocycles. The molecule has 3 nitrogen and oxygen atoms in total. The van der Waals surface area contributed by atoms with Crippen LogP contribution < -0.4 is 4.74 Å². The van der Waals surface area contributed by atoms with E-state index in [4.69, 9.17) is 5.26 Å². The van der Waals surface area contributed by atoms with E-state index in [-0.39, 0.29) is 27.1 Å². The molecular weight excluding hydrogens is 284 g/mol. The minimum absolute atomic E-state index is 0.0568. The average Bonchev–Trinajstić information content (AvgIpc) is 2.19. The number of Topliss-reactive ketones (excluding diaryl/α,β-unsaturated/α-hetero) is 1. The van der Waals surface area contributed by atoms with Crippen molar-refractivity contribution < 1.29 is 18.3 Å². The highest BCUT2D eigenvalue weighted by molar-refractivity contribution is 9.10. The van der Waals surface area contributed by atoms with Crippen LogP contribution in [0, 0.1) is 11.3 Å². The van der Waals surface area contributed by atoms with Crippen LogP contribution in [0.5, 0.6) is 5.75 Å². The Morgan fingerprint density at radius 1 is 1.56 bits per heavy atom. The molecule has 0 heterocycles. The number of carbonyl (C=O) groups is 1. The van der Waals surface area contributed by atoms with E-state index in [0.29, 0.717) is 0 Å². The summed E-state index contributed by atoms with van der Waals surface area (Å²) in [6.45, 7) is -1.80. The summed E-state index contributed by atoms with van der Waals surface area (Å²) >= 11 is 2.98. The first kappa shape index (κ1) is 12.6. The van der Waals surface area contributed by atoms with E-state index in [0.717, 1.165) is 0 Å². The molecule has 84 valence electrons. The molecular formula is C10H6BrF2NO2. The molecule has 0 saturated heterocycles. The van der Waals surface area contributed by atoms with Gasteiger partial charge in [0.1, 0.15) is 11.6 Å². The molecule has 0 aliphatic rings. The molecule has 0 saturated carbocycles. The minimum atomic E-state index is -3.05. The Hall–Kier alpha value is -1.48. The van der Waals surface area contributed by atoms with E-state index >= 15 is 0 Å². The van der Waals surface area contributed by atoms with Crippen molar-refractivity contribution in [1.82, 2.24) is 0 Å². The highest BCUT2D eigenvalue weighted by atomic mass is 79.9. The Balaban J connectivity index is 3.40. The largest absolute Gasteiger partial charge is 0.432 e. The second-order valence-corrected chi connectivity index (χ2v) is 3.70. The number of carbonyl (C=O) groups excluding carboxylic acids is 1. The minimum Gasteiger partial charge on any atom is -0.432 e. The monoisotopic (exact) mass is 289 g/mol. The molecule has 0 radical (unpaired) electrons. The van der Waals surface area contributed by atoms with Crippen LogP contribution in [-0.4, -0.2) is 12.4 Å². The van der Waals surface area contributed by atoms with Crippen LogP contribution in [0.15, 0.2) is 16.6 Å². The Bertz CT molecular complexity index is 469. The summed E-state index contributed by atoms with van der Waals surface area (Å²) in [6, 6.07) is 4.45. The average molecular weight is 290 g/mol. The maximum Gasteiger partial charge on any atom is 0.387 e.